The number of nitrogens with one attached hydrogen (secondary N) is 3. The van der Waals surface area contributed by atoms with Gasteiger partial charge in [-0.05, 0) is 38.0 Å². The summed E-state index contributed by atoms with van der Waals surface area (Å²) >= 11 is 0. The van der Waals surface area contributed by atoms with Crippen LogP contribution in [0.1, 0.15) is 31.9 Å². The summed E-state index contributed by atoms with van der Waals surface area (Å²) < 4.78 is 23.3. The highest BCUT2D eigenvalue weighted by Crippen LogP contribution is 2.27. The third-order valence-electron chi connectivity index (χ3n) is 4.11. The molecule has 7 heteroatoms. The minimum absolute atomic E-state index is 0.00565. The fourth-order valence-electron chi connectivity index (χ4n) is 3.05. The van der Waals surface area contributed by atoms with Gasteiger partial charge in [-0.3, -0.25) is 0 Å². The smallest absolute Gasteiger partial charge is 0.306 e. The first-order chi connectivity index (χ1) is 9.76. The van der Waals surface area contributed by atoms with Gasteiger partial charge in [-0.2, -0.15) is 0 Å². The third kappa shape index (κ3) is 2.89. The SMILES string of the molecule is CC(NC1(C)CCS(=O)(=O)C1)c1ccc2[nH]c(=O)[nH]c2c1. The number of hydrogen-bond donors (Lipinski definition) is 3. The molecule has 1 aliphatic rings. The van der Waals surface area contributed by atoms with Crippen molar-refractivity contribution in [3.8, 4) is 0 Å². The lowest BCUT2D eigenvalue weighted by atomic mass is 9.98. The first kappa shape index (κ1) is 14.3. The van der Waals surface area contributed by atoms with E-state index in [1.807, 2.05) is 32.0 Å². The number of fused-ring (bicyclic) bond motifs is 1. The van der Waals surface area contributed by atoms with E-state index in [-0.39, 0.29) is 23.2 Å². The highest BCUT2D eigenvalue weighted by Gasteiger charge is 2.39. The normalized spacial score (nSPS) is 26.2. The van der Waals surface area contributed by atoms with Gasteiger partial charge in [-0.25, -0.2) is 13.2 Å². The molecule has 1 fully saturated rings. The van der Waals surface area contributed by atoms with Crippen molar-refractivity contribution in [2.24, 2.45) is 0 Å². The molecule has 21 heavy (non-hydrogen) atoms. The van der Waals surface area contributed by atoms with Crippen LogP contribution in [-0.4, -0.2) is 35.4 Å². The largest absolute Gasteiger partial charge is 0.323 e. The van der Waals surface area contributed by atoms with Crippen LogP contribution in [0, 0.1) is 0 Å². The molecule has 3 N–H and O–H groups in total. The highest BCUT2D eigenvalue weighted by molar-refractivity contribution is 7.91. The van der Waals surface area contributed by atoms with Gasteiger partial charge in [-0.15, -0.1) is 0 Å². The van der Waals surface area contributed by atoms with E-state index in [9.17, 15) is 13.2 Å². The van der Waals surface area contributed by atoms with E-state index in [1.54, 1.807) is 0 Å². The van der Waals surface area contributed by atoms with Gasteiger partial charge < -0.3 is 15.3 Å². The van der Waals surface area contributed by atoms with Crippen molar-refractivity contribution in [3.63, 3.8) is 0 Å². The maximum atomic E-state index is 11.7. The van der Waals surface area contributed by atoms with Crippen molar-refractivity contribution in [1.29, 1.82) is 0 Å². The molecule has 0 radical (unpaired) electrons. The fraction of sp³-hybridized carbons (Fsp3) is 0.500. The molecular formula is C14H19N3O3S. The Kier molecular flexibility index (Phi) is 3.22. The van der Waals surface area contributed by atoms with Gasteiger partial charge in [0.05, 0.1) is 22.5 Å². The molecule has 0 amide bonds. The summed E-state index contributed by atoms with van der Waals surface area (Å²) in [6.45, 7) is 3.95. The van der Waals surface area contributed by atoms with Crippen molar-refractivity contribution in [2.75, 3.05) is 11.5 Å². The third-order valence-corrected chi connectivity index (χ3v) is 6.01. The van der Waals surface area contributed by atoms with E-state index in [0.29, 0.717) is 6.42 Å². The van der Waals surface area contributed by atoms with Gasteiger partial charge in [0, 0.05) is 11.6 Å². The molecule has 2 atom stereocenters. The van der Waals surface area contributed by atoms with Gasteiger partial charge in [0.25, 0.3) is 0 Å². The van der Waals surface area contributed by atoms with E-state index < -0.39 is 15.4 Å². The molecule has 1 aromatic carbocycles. The monoisotopic (exact) mass is 309 g/mol. The van der Waals surface area contributed by atoms with Gasteiger partial charge in [0.15, 0.2) is 9.84 Å². The lowest BCUT2D eigenvalue weighted by Crippen LogP contribution is -2.44. The van der Waals surface area contributed by atoms with E-state index in [2.05, 4.69) is 15.3 Å². The molecule has 0 spiro atoms. The highest BCUT2D eigenvalue weighted by atomic mass is 32.2. The predicted molar refractivity (Wildman–Crippen MR) is 82.1 cm³/mol. The lowest BCUT2D eigenvalue weighted by molar-refractivity contribution is 0.355. The molecule has 1 saturated heterocycles. The zero-order chi connectivity index (χ0) is 15.3. The molecular weight excluding hydrogens is 290 g/mol. The summed E-state index contributed by atoms with van der Waals surface area (Å²) in [5, 5.41) is 3.42. The maximum Gasteiger partial charge on any atom is 0.323 e. The van der Waals surface area contributed by atoms with Crippen LogP contribution < -0.4 is 11.0 Å². The van der Waals surface area contributed by atoms with E-state index in [1.165, 1.54) is 0 Å². The number of imidazole rings is 1. The molecule has 2 unspecified atom stereocenters. The van der Waals surface area contributed by atoms with Crippen LogP contribution in [0.15, 0.2) is 23.0 Å². The standard InChI is InChI=1S/C14H19N3O3S/c1-9(17-14(2)5-6-21(19,20)8-14)10-3-4-11-12(7-10)16-13(18)15-11/h3-4,7,9,17H,5-6,8H2,1-2H3,(H2,15,16,18). The number of aromatic amines is 2. The van der Waals surface area contributed by atoms with Crippen LogP contribution in [0.5, 0.6) is 0 Å². The van der Waals surface area contributed by atoms with Crippen molar-refractivity contribution < 1.29 is 8.42 Å². The number of aromatic nitrogens is 2. The molecule has 0 saturated carbocycles. The number of sulfone groups is 1. The molecule has 2 aromatic rings. The number of rotatable bonds is 3. The predicted octanol–water partition coefficient (Wildman–Crippen LogP) is 1.08. The first-order valence-electron chi connectivity index (χ1n) is 6.96. The zero-order valence-corrected chi connectivity index (χ0v) is 12.9. The Morgan fingerprint density at radius 3 is 2.67 bits per heavy atom. The van der Waals surface area contributed by atoms with Crippen molar-refractivity contribution >= 4 is 20.9 Å². The molecule has 1 aromatic heterocycles. The average molecular weight is 309 g/mol. The first-order valence-corrected chi connectivity index (χ1v) is 8.79. The van der Waals surface area contributed by atoms with Crippen LogP contribution in [-0.2, 0) is 9.84 Å². The summed E-state index contributed by atoms with van der Waals surface area (Å²) in [7, 11) is -2.93. The Hall–Kier alpha value is -1.60. The second-order valence-corrected chi connectivity index (χ2v) is 8.34. The summed E-state index contributed by atoms with van der Waals surface area (Å²) in [6, 6.07) is 5.72. The van der Waals surface area contributed by atoms with E-state index in [4.69, 9.17) is 0 Å². The summed E-state index contributed by atoms with van der Waals surface area (Å²) in [4.78, 5) is 16.7. The van der Waals surface area contributed by atoms with Crippen molar-refractivity contribution in [3.05, 3.63) is 34.2 Å². The molecule has 3 rings (SSSR count). The average Bonchev–Trinajstić information content (AvgIpc) is 2.87. The van der Waals surface area contributed by atoms with Crippen molar-refractivity contribution in [2.45, 2.75) is 31.8 Å². The van der Waals surface area contributed by atoms with E-state index in [0.717, 1.165) is 16.6 Å². The maximum absolute atomic E-state index is 11.7. The molecule has 0 aliphatic carbocycles. The Labute approximate surface area is 122 Å². The molecule has 114 valence electrons. The quantitative estimate of drug-likeness (QED) is 0.791. The van der Waals surface area contributed by atoms with Crippen LogP contribution in [0.2, 0.25) is 0 Å². The molecule has 1 aliphatic heterocycles. The van der Waals surface area contributed by atoms with Gasteiger partial charge in [0.1, 0.15) is 0 Å². The Balaban J connectivity index is 1.83. The van der Waals surface area contributed by atoms with Crippen molar-refractivity contribution in [1.82, 2.24) is 15.3 Å². The summed E-state index contributed by atoms with van der Waals surface area (Å²) in [5.74, 6) is 0.418. The fourth-order valence-corrected chi connectivity index (χ4v) is 5.15. The van der Waals surface area contributed by atoms with Crippen LogP contribution >= 0.6 is 0 Å². The van der Waals surface area contributed by atoms with E-state index >= 15 is 0 Å². The van der Waals surface area contributed by atoms with Gasteiger partial charge in [0.2, 0.25) is 0 Å². The Morgan fingerprint density at radius 1 is 1.29 bits per heavy atom. The number of benzene rings is 1. The minimum atomic E-state index is -2.93. The number of hydrogen-bond acceptors (Lipinski definition) is 4. The second kappa shape index (κ2) is 4.71. The molecule has 2 heterocycles. The second-order valence-electron chi connectivity index (χ2n) is 6.15. The Morgan fingerprint density at radius 2 is 2.00 bits per heavy atom. The topological polar surface area (TPSA) is 94.8 Å². The van der Waals surface area contributed by atoms with Gasteiger partial charge in [-0.1, -0.05) is 6.07 Å². The summed E-state index contributed by atoms with van der Waals surface area (Å²) in [6.07, 6.45) is 0.628. The van der Waals surface area contributed by atoms with Gasteiger partial charge >= 0.3 is 5.69 Å². The zero-order valence-electron chi connectivity index (χ0n) is 12.1. The number of H-pyrrole nitrogens is 2. The Bertz CT molecular complexity index is 837. The van der Waals surface area contributed by atoms with Crippen LogP contribution in [0.3, 0.4) is 0 Å². The summed E-state index contributed by atoms with van der Waals surface area (Å²) in [5.41, 5.74) is 1.93. The lowest BCUT2D eigenvalue weighted by Gasteiger charge is -2.29. The van der Waals surface area contributed by atoms with Crippen LogP contribution in [0.4, 0.5) is 0 Å². The minimum Gasteiger partial charge on any atom is -0.306 e. The molecule has 6 nitrogen and oxygen atoms in total. The molecule has 0 bridgehead atoms. The van der Waals surface area contributed by atoms with Crippen LogP contribution in [0.25, 0.3) is 11.0 Å².